The van der Waals surface area contributed by atoms with Crippen LogP contribution in [0.1, 0.15) is 18.9 Å². The second-order valence-corrected chi connectivity index (χ2v) is 4.27. The number of nitriles is 1. The SMILES string of the molecule is CC1C=CC=CC1(CC#N)c1ccccc1. The zero-order valence-electron chi connectivity index (χ0n) is 9.43. The fraction of sp³-hybridized carbons (Fsp3) is 0.267. The van der Waals surface area contributed by atoms with Crippen LogP contribution < -0.4 is 0 Å². The maximum atomic E-state index is 9.05. The van der Waals surface area contributed by atoms with Crippen LogP contribution in [0.15, 0.2) is 54.6 Å². The molecule has 80 valence electrons. The first-order valence-electron chi connectivity index (χ1n) is 5.58. The topological polar surface area (TPSA) is 23.8 Å². The van der Waals surface area contributed by atoms with Crippen molar-refractivity contribution in [3.05, 3.63) is 60.2 Å². The van der Waals surface area contributed by atoms with Gasteiger partial charge in [0, 0.05) is 11.8 Å². The molecule has 2 rings (SSSR count). The van der Waals surface area contributed by atoms with Crippen molar-refractivity contribution in [2.45, 2.75) is 18.8 Å². The van der Waals surface area contributed by atoms with E-state index in [1.54, 1.807) is 0 Å². The molecule has 1 aliphatic carbocycles. The highest BCUT2D eigenvalue weighted by Crippen LogP contribution is 2.39. The molecule has 0 radical (unpaired) electrons. The first-order valence-corrected chi connectivity index (χ1v) is 5.58. The lowest BCUT2D eigenvalue weighted by Crippen LogP contribution is -2.31. The van der Waals surface area contributed by atoms with E-state index in [0.717, 1.165) is 0 Å². The second kappa shape index (κ2) is 4.37. The number of benzene rings is 1. The molecule has 1 aromatic rings. The molecule has 0 saturated heterocycles. The van der Waals surface area contributed by atoms with Crippen molar-refractivity contribution in [2.75, 3.05) is 0 Å². The summed E-state index contributed by atoms with van der Waals surface area (Å²) in [6.07, 6.45) is 8.97. The monoisotopic (exact) mass is 209 g/mol. The summed E-state index contributed by atoms with van der Waals surface area (Å²) in [6.45, 7) is 2.17. The van der Waals surface area contributed by atoms with Crippen molar-refractivity contribution in [1.82, 2.24) is 0 Å². The number of hydrogen-bond acceptors (Lipinski definition) is 1. The molecule has 1 aromatic carbocycles. The van der Waals surface area contributed by atoms with E-state index in [1.165, 1.54) is 5.56 Å². The zero-order valence-corrected chi connectivity index (χ0v) is 9.43. The van der Waals surface area contributed by atoms with E-state index in [4.69, 9.17) is 5.26 Å². The molecule has 0 spiro atoms. The summed E-state index contributed by atoms with van der Waals surface area (Å²) in [4.78, 5) is 0. The summed E-state index contributed by atoms with van der Waals surface area (Å²) in [5.74, 6) is 0.361. The molecule has 0 amide bonds. The van der Waals surface area contributed by atoms with Crippen LogP contribution >= 0.6 is 0 Å². The summed E-state index contributed by atoms with van der Waals surface area (Å²) in [7, 11) is 0. The van der Waals surface area contributed by atoms with Crippen molar-refractivity contribution in [1.29, 1.82) is 5.26 Å². The lowest BCUT2D eigenvalue weighted by atomic mass is 9.67. The van der Waals surface area contributed by atoms with Gasteiger partial charge >= 0.3 is 0 Å². The van der Waals surface area contributed by atoms with Crippen molar-refractivity contribution in [3.63, 3.8) is 0 Å². The van der Waals surface area contributed by atoms with Gasteiger partial charge in [0.25, 0.3) is 0 Å². The van der Waals surface area contributed by atoms with Crippen LogP contribution in [0.25, 0.3) is 0 Å². The van der Waals surface area contributed by atoms with Gasteiger partial charge in [-0.25, -0.2) is 0 Å². The fourth-order valence-corrected chi connectivity index (χ4v) is 2.34. The van der Waals surface area contributed by atoms with Crippen LogP contribution in [-0.4, -0.2) is 0 Å². The average molecular weight is 209 g/mol. The molecule has 2 atom stereocenters. The predicted molar refractivity (Wildman–Crippen MR) is 65.8 cm³/mol. The minimum Gasteiger partial charge on any atom is -0.198 e. The average Bonchev–Trinajstić information content (AvgIpc) is 2.34. The summed E-state index contributed by atoms with van der Waals surface area (Å²) in [5.41, 5.74) is 1.08. The zero-order chi connectivity index (χ0) is 11.4. The molecule has 1 heteroatoms. The number of allylic oxidation sites excluding steroid dienone is 4. The summed E-state index contributed by atoms with van der Waals surface area (Å²) in [6, 6.07) is 12.6. The van der Waals surface area contributed by atoms with Gasteiger partial charge in [0.2, 0.25) is 0 Å². The van der Waals surface area contributed by atoms with Gasteiger partial charge in [-0.3, -0.25) is 0 Å². The molecule has 1 aliphatic rings. The molecule has 1 nitrogen and oxygen atoms in total. The molecular weight excluding hydrogens is 194 g/mol. The van der Waals surface area contributed by atoms with E-state index < -0.39 is 0 Å². The highest BCUT2D eigenvalue weighted by Gasteiger charge is 2.35. The minimum absolute atomic E-state index is 0.148. The largest absolute Gasteiger partial charge is 0.198 e. The maximum absolute atomic E-state index is 9.05. The molecule has 0 bridgehead atoms. The quantitative estimate of drug-likeness (QED) is 0.730. The molecule has 0 fully saturated rings. The van der Waals surface area contributed by atoms with Crippen LogP contribution in [0.5, 0.6) is 0 Å². The van der Waals surface area contributed by atoms with Gasteiger partial charge in [-0.15, -0.1) is 0 Å². The molecule has 16 heavy (non-hydrogen) atoms. The summed E-state index contributed by atoms with van der Waals surface area (Å²) >= 11 is 0. The van der Waals surface area contributed by atoms with Crippen LogP contribution in [0, 0.1) is 17.2 Å². The van der Waals surface area contributed by atoms with E-state index in [1.807, 2.05) is 24.3 Å². The number of rotatable bonds is 2. The van der Waals surface area contributed by atoms with Crippen LogP contribution in [-0.2, 0) is 5.41 Å². The summed E-state index contributed by atoms with van der Waals surface area (Å²) < 4.78 is 0. The Bertz CT molecular complexity index is 450. The summed E-state index contributed by atoms with van der Waals surface area (Å²) in [5, 5.41) is 9.05. The molecule has 0 N–H and O–H groups in total. The molecular formula is C15H15N. The Hall–Kier alpha value is -1.81. The van der Waals surface area contributed by atoms with Gasteiger partial charge in [-0.1, -0.05) is 61.6 Å². The Labute approximate surface area is 96.7 Å². The van der Waals surface area contributed by atoms with Gasteiger partial charge in [0.05, 0.1) is 6.07 Å². The fourth-order valence-electron chi connectivity index (χ4n) is 2.34. The molecule has 0 saturated carbocycles. The van der Waals surface area contributed by atoms with E-state index in [0.29, 0.717) is 12.3 Å². The minimum atomic E-state index is -0.148. The van der Waals surface area contributed by atoms with E-state index in [-0.39, 0.29) is 5.41 Å². The van der Waals surface area contributed by atoms with Crippen molar-refractivity contribution in [2.24, 2.45) is 5.92 Å². The van der Waals surface area contributed by atoms with Crippen LogP contribution in [0.4, 0.5) is 0 Å². The van der Waals surface area contributed by atoms with Crippen LogP contribution in [0.2, 0.25) is 0 Å². The van der Waals surface area contributed by atoms with Gasteiger partial charge in [-0.2, -0.15) is 5.26 Å². The third kappa shape index (κ3) is 1.67. The van der Waals surface area contributed by atoms with Gasteiger partial charge < -0.3 is 0 Å². The van der Waals surface area contributed by atoms with E-state index >= 15 is 0 Å². The number of hydrogen-bond donors (Lipinski definition) is 0. The second-order valence-electron chi connectivity index (χ2n) is 4.27. The van der Waals surface area contributed by atoms with Gasteiger partial charge in [-0.05, 0) is 11.5 Å². The van der Waals surface area contributed by atoms with Crippen molar-refractivity contribution < 1.29 is 0 Å². The lowest BCUT2D eigenvalue weighted by Gasteiger charge is -2.35. The standard InChI is InChI=1S/C15H15N/c1-13-7-5-6-10-15(13,11-12-16)14-8-3-2-4-9-14/h2-10,13H,11H2,1H3. The van der Waals surface area contributed by atoms with Gasteiger partial charge in [0.1, 0.15) is 0 Å². The van der Waals surface area contributed by atoms with E-state index in [9.17, 15) is 0 Å². The normalized spacial score (nSPS) is 27.6. The molecule has 0 aromatic heterocycles. The Balaban J connectivity index is 2.49. The molecule has 0 aliphatic heterocycles. The highest BCUT2D eigenvalue weighted by molar-refractivity contribution is 5.38. The first kappa shape index (κ1) is 10.7. The Kier molecular flexibility index (Phi) is 2.92. The van der Waals surface area contributed by atoms with E-state index in [2.05, 4.69) is 43.4 Å². The predicted octanol–water partition coefficient (Wildman–Crippen LogP) is 3.60. The lowest BCUT2D eigenvalue weighted by molar-refractivity contribution is 0.425. The molecule has 0 heterocycles. The third-order valence-corrected chi connectivity index (χ3v) is 3.40. The Morgan fingerprint density at radius 1 is 1.25 bits per heavy atom. The van der Waals surface area contributed by atoms with Gasteiger partial charge in [0.15, 0.2) is 0 Å². The smallest absolute Gasteiger partial charge is 0.0634 e. The Morgan fingerprint density at radius 3 is 2.62 bits per heavy atom. The first-order chi connectivity index (χ1) is 7.79. The maximum Gasteiger partial charge on any atom is 0.0634 e. The van der Waals surface area contributed by atoms with Crippen molar-refractivity contribution >= 4 is 0 Å². The highest BCUT2D eigenvalue weighted by atomic mass is 14.4. The van der Waals surface area contributed by atoms with Crippen molar-refractivity contribution in [3.8, 4) is 6.07 Å². The third-order valence-electron chi connectivity index (χ3n) is 3.40. The Morgan fingerprint density at radius 2 is 2.00 bits per heavy atom. The van der Waals surface area contributed by atoms with Crippen LogP contribution in [0.3, 0.4) is 0 Å². The molecule has 2 unspecified atom stereocenters. The number of nitrogens with zero attached hydrogens (tertiary/aromatic N) is 1.